The molecule has 0 atom stereocenters. The summed E-state index contributed by atoms with van der Waals surface area (Å²) in [6.45, 7) is 31.3. The van der Waals surface area contributed by atoms with E-state index in [1.54, 1.807) is 10.8 Å². The Morgan fingerprint density at radius 2 is 0.822 bits per heavy atom. The van der Waals surface area contributed by atoms with E-state index >= 15 is 0 Å². The van der Waals surface area contributed by atoms with Crippen LogP contribution in [0.3, 0.4) is 0 Å². The molecule has 0 aliphatic carbocycles. The summed E-state index contributed by atoms with van der Waals surface area (Å²) in [5, 5.41) is 45.8. The Labute approximate surface area is 276 Å². The van der Waals surface area contributed by atoms with E-state index in [0.717, 1.165) is 33.4 Å². The van der Waals surface area contributed by atoms with Crippen LogP contribution in [0.5, 0.6) is 11.5 Å². The fourth-order valence-corrected chi connectivity index (χ4v) is 4.66. The third-order valence-corrected chi connectivity index (χ3v) is 7.38. The van der Waals surface area contributed by atoms with Crippen LogP contribution in [0.15, 0.2) is 48.2 Å². The van der Waals surface area contributed by atoms with Gasteiger partial charge in [0.2, 0.25) is 0 Å². The molecule has 6 nitrogen and oxygen atoms in total. The van der Waals surface area contributed by atoms with Gasteiger partial charge in [-0.05, 0) is 91.5 Å². The number of hydrogen-bond donors (Lipinski definition) is 2. The predicted molar refractivity (Wildman–Crippen MR) is 186 cm³/mol. The highest BCUT2D eigenvalue weighted by Crippen LogP contribution is 2.41. The molecule has 2 N–H and O–H groups in total. The average Bonchev–Trinajstić information content (AvgIpc) is 2.85. The monoisotopic (exact) mass is 640 g/mol. The van der Waals surface area contributed by atoms with Gasteiger partial charge in [0.25, 0.3) is 0 Å². The van der Waals surface area contributed by atoms with Gasteiger partial charge in [-0.3, -0.25) is 0 Å². The summed E-state index contributed by atoms with van der Waals surface area (Å²) in [5.74, 6) is -1.45. The Balaban J connectivity index is 0.000000748. The zero-order valence-electron chi connectivity index (χ0n) is 29.6. The van der Waals surface area contributed by atoms with Crippen LogP contribution in [-0.4, -0.2) is 22.2 Å². The van der Waals surface area contributed by atoms with Crippen molar-refractivity contribution in [1.82, 2.24) is 0 Å². The molecule has 252 valence electrons. The number of rotatable bonds is 8. The highest BCUT2D eigenvalue weighted by atomic mass is 32.2. The summed E-state index contributed by atoms with van der Waals surface area (Å²) in [6, 6.07) is 7.64. The van der Waals surface area contributed by atoms with Gasteiger partial charge in [-0.25, -0.2) is 0 Å². The number of benzene rings is 2. The van der Waals surface area contributed by atoms with Crippen LogP contribution in [-0.2, 0) is 44.1 Å². The van der Waals surface area contributed by atoms with E-state index < -0.39 is 11.9 Å². The first kappa shape index (κ1) is 41.8. The standard InChI is InChI=1S/2C17H26O3.C4H6S/c2*1-16(2,3)12-9-11(7-8-14(18)19)10-13(15(12)20)17(4,5)6;1-3-5-4-2/h2*9-10,20H,7-8H2,1-6H3,(H,18,19);3-4H,1-2H2/p-2. The number of thioether (sulfide) groups is 1. The maximum atomic E-state index is 10.6. The van der Waals surface area contributed by atoms with Crippen molar-refractivity contribution >= 4 is 23.7 Å². The minimum atomic E-state index is -1.05. The SMILES string of the molecule is C=CSC=C.CC(C)(C)c1cc(CCC(=O)[O-])cc(C(C)(C)C)c1O.CC(C)(C)c1cc(CCC(=O)[O-])cc(C(C)(C)C)c1O. The van der Waals surface area contributed by atoms with Crippen LogP contribution in [0, 0.1) is 0 Å². The first-order valence-corrected chi connectivity index (χ1v) is 16.2. The van der Waals surface area contributed by atoms with Crippen molar-refractivity contribution in [2.45, 2.75) is 130 Å². The fourth-order valence-electron chi connectivity index (χ4n) is 4.52. The molecule has 0 bridgehead atoms. The maximum absolute atomic E-state index is 10.6. The van der Waals surface area contributed by atoms with Crippen molar-refractivity contribution in [2.75, 3.05) is 0 Å². The lowest BCUT2D eigenvalue weighted by Gasteiger charge is -2.28. The van der Waals surface area contributed by atoms with Gasteiger partial charge in [-0.15, -0.1) is 11.8 Å². The number of hydrogen-bond acceptors (Lipinski definition) is 7. The number of aromatic hydroxyl groups is 2. The number of aryl methyl sites for hydroxylation is 2. The molecule has 2 aromatic rings. The molecule has 45 heavy (non-hydrogen) atoms. The summed E-state index contributed by atoms with van der Waals surface area (Å²) in [5.41, 5.74) is 4.53. The Kier molecular flexibility index (Phi) is 15.7. The number of carboxylic acids is 2. The van der Waals surface area contributed by atoms with Gasteiger partial charge >= 0.3 is 0 Å². The molecule has 0 spiro atoms. The molecule has 0 fully saturated rings. The van der Waals surface area contributed by atoms with Crippen molar-refractivity contribution in [2.24, 2.45) is 0 Å². The van der Waals surface area contributed by atoms with Gasteiger partial charge in [-0.1, -0.05) is 121 Å². The number of phenolic OH excluding ortho intramolecular Hbond substituents is 2. The van der Waals surface area contributed by atoms with Gasteiger partial charge in [0.05, 0.1) is 0 Å². The number of carbonyl (C=O) groups excluding carboxylic acids is 2. The Morgan fingerprint density at radius 3 is 0.956 bits per heavy atom. The molecule has 0 aliphatic rings. The quantitative estimate of drug-likeness (QED) is 0.310. The van der Waals surface area contributed by atoms with E-state index in [9.17, 15) is 30.0 Å². The molecule has 0 heterocycles. The summed E-state index contributed by atoms with van der Waals surface area (Å²) in [6.07, 6.45) is 0.847. The van der Waals surface area contributed by atoms with E-state index in [-0.39, 0.29) is 34.5 Å². The third kappa shape index (κ3) is 14.6. The zero-order chi connectivity index (χ0) is 35.6. The molecule has 2 rings (SSSR count). The number of carbonyl (C=O) groups is 2. The zero-order valence-corrected chi connectivity index (χ0v) is 30.5. The van der Waals surface area contributed by atoms with E-state index in [0.29, 0.717) is 24.3 Å². The lowest BCUT2D eigenvalue weighted by molar-refractivity contribution is -0.307. The second kappa shape index (κ2) is 16.9. The minimum Gasteiger partial charge on any atom is -0.550 e. The molecular formula is C38H56O6S-2. The van der Waals surface area contributed by atoms with Gasteiger partial charge in [0, 0.05) is 11.9 Å². The van der Waals surface area contributed by atoms with Crippen LogP contribution >= 0.6 is 11.8 Å². The number of carboxylic acid groups (broad SMARTS) is 2. The van der Waals surface area contributed by atoms with Crippen LogP contribution in [0.25, 0.3) is 0 Å². The Bertz CT molecular complexity index is 1140. The minimum absolute atomic E-state index is 0.00204. The molecule has 0 saturated heterocycles. The first-order chi connectivity index (χ1) is 20.3. The van der Waals surface area contributed by atoms with Gasteiger partial charge in [-0.2, -0.15) is 0 Å². The summed E-state index contributed by atoms with van der Waals surface area (Å²) in [7, 11) is 0. The summed E-state index contributed by atoms with van der Waals surface area (Å²) < 4.78 is 0. The van der Waals surface area contributed by atoms with Gasteiger partial charge in [0.1, 0.15) is 11.5 Å². The lowest BCUT2D eigenvalue weighted by atomic mass is 9.78. The smallest absolute Gasteiger partial charge is 0.123 e. The van der Waals surface area contributed by atoms with Crippen molar-refractivity contribution in [3.8, 4) is 11.5 Å². The molecule has 0 saturated carbocycles. The average molecular weight is 641 g/mol. The van der Waals surface area contributed by atoms with Crippen LogP contribution in [0.2, 0.25) is 0 Å². The van der Waals surface area contributed by atoms with Crippen LogP contribution in [0.1, 0.15) is 129 Å². The largest absolute Gasteiger partial charge is 0.550 e. The van der Waals surface area contributed by atoms with Crippen molar-refractivity contribution in [3.05, 3.63) is 81.6 Å². The highest BCUT2D eigenvalue weighted by molar-refractivity contribution is 8.04. The molecule has 0 aliphatic heterocycles. The van der Waals surface area contributed by atoms with E-state index in [1.165, 1.54) is 11.8 Å². The second-order valence-electron chi connectivity index (χ2n) is 15.3. The lowest BCUT2D eigenvalue weighted by Crippen LogP contribution is -2.23. The van der Waals surface area contributed by atoms with Crippen LogP contribution < -0.4 is 10.2 Å². The molecule has 0 aromatic heterocycles. The second-order valence-corrected chi connectivity index (χ2v) is 16.2. The normalized spacial score (nSPS) is 11.8. The van der Waals surface area contributed by atoms with Gasteiger partial charge < -0.3 is 30.0 Å². The topological polar surface area (TPSA) is 121 Å². The van der Waals surface area contributed by atoms with E-state index in [1.807, 2.05) is 107 Å². The predicted octanol–water partition coefficient (Wildman–Crippen LogP) is 7.35. The molecule has 0 unspecified atom stereocenters. The Hall–Kier alpha value is -3.19. The Morgan fingerprint density at radius 1 is 0.600 bits per heavy atom. The van der Waals surface area contributed by atoms with E-state index in [2.05, 4.69) is 13.2 Å². The molecular weight excluding hydrogens is 584 g/mol. The van der Waals surface area contributed by atoms with Gasteiger partial charge in [0.15, 0.2) is 0 Å². The number of aliphatic carboxylic acids is 2. The molecule has 2 aromatic carbocycles. The molecule has 0 radical (unpaired) electrons. The van der Waals surface area contributed by atoms with Crippen LogP contribution in [0.4, 0.5) is 0 Å². The van der Waals surface area contributed by atoms with Crippen molar-refractivity contribution < 1.29 is 30.0 Å². The third-order valence-electron chi connectivity index (χ3n) is 7.00. The molecule has 7 heteroatoms. The molecule has 0 amide bonds. The summed E-state index contributed by atoms with van der Waals surface area (Å²) in [4.78, 5) is 21.3. The summed E-state index contributed by atoms with van der Waals surface area (Å²) >= 11 is 1.49. The fraction of sp³-hybridized carbons (Fsp3) is 0.526. The van der Waals surface area contributed by atoms with E-state index in [4.69, 9.17) is 0 Å². The first-order valence-electron chi connectivity index (χ1n) is 15.3. The number of phenols is 2. The highest BCUT2D eigenvalue weighted by Gasteiger charge is 2.27. The van der Waals surface area contributed by atoms with Crippen molar-refractivity contribution in [3.63, 3.8) is 0 Å². The van der Waals surface area contributed by atoms with Crippen molar-refractivity contribution in [1.29, 1.82) is 0 Å². The maximum Gasteiger partial charge on any atom is 0.123 e.